The van der Waals surface area contributed by atoms with Crippen molar-refractivity contribution in [3.8, 4) is 11.3 Å². The first-order chi connectivity index (χ1) is 13.1. The molecule has 0 saturated carbocycles. The third-order valence-corrected chi connectivity index (χ3v) is 4.28. The third kappa shape index (κ3) is 2.79. The SMILES string of the molecule is CCn1cc(C(=O)ON2C(=O)c3ccccc3C2=O)c(-c2ccccc2)n1. The fraction of sp³-hybridized carbons (Fsp3) is 0.100. The second-order valence-corrected chi connectivity index (χ2v) is 5.94. The van der Waals surface area contributed by atoms with Gasteiger partial charge < -0.3 is 4.84 Å². The maximum atomic E-state index is 12.7. The van der Waals surface area contributed by atoms with Crippen molar-refractivity contribution in [1.29, 1.82) is 0 Å². The molecule has 2 amide bonds. The van der Waals surface area contributed by atoms with E-state index in [-0.39, 0.29) is 16.7 Å². The summed E-state index contributed by atoms with van der Waals surface area (Å²) in [5, 5.41) is 4.90. The minimum Gasteiger partial charge on any atom is -0.324 e. The van der Waals surface area contributed by atoms with E-state index in [4.69, 9.17) is 4.84 Å². The molecule has 1 aliphatic rings. The predicted molar refractivity (Wildman–Crippen MR) is 95.7 cm³/mol. The van der Waals surface area contributed by atoms with Crippen LogP contribution in [0.1, 0.15) is 38.0 Å². The lowest BCUT2D eigenvalue weighted by molar-refractivity contribution is -0.0584. The van der Waals surface area contributed by atoms with Crippen LogP contribution in [0.2, 0.25) is 0 Å². The van der Waals surface area contributed by atoms with Crippen LogP contribution in [-0.4, -0.2) is 32.6 Å². The highest BCUT2D eigenvalue weighted by Gasteiger charge is 2.39. The Morgan fingerprint density at radius 2 is 1.56 bits per heavy atom. The molecule has 0 fully saturated rings. The molecule has 0 bridgehead atoms. The van der Waals surface area contributed by atoms with Crippen molar-refractivity contribution in [3.63, 3.8) is 0 Å². The molecular formula is C20H15N3O4. The van der Waals surface area contributed by atoms with E-state index in [2.05, 4.69) is 5.10 Å². The second-order valence-electron chi connectivity index (χ2n) is 5.94. The second kappa shape index (κ2) is 6.53. The highest BCUT2D eigenvalue weighted by Crippen LogP contribution is 2.26. The Morgan fingerprint density at radius 3 is 2.15 bits per heavy atom. The number of hydrogen-bond donors (Lipinski definition) is 0. The summed E-state index contributed by atoms with van der Waals surface area (Å²) in [6, 6.07) is 15.5. The minimum atomic E-state index is -0.817. The molecule has 0 aliphatic carbocycles. The van der Waals surface area contributed by atoms with Gasteiger partial charge in [-0.25, -0.2) is 4.79 Å². The van der Waals surface area contributed by atoms with E-state index in [0.717, 1.165) is 5.56 Å². The van der Waals surface area contributed by atoms with Crippen molar-refractivity contribution in [3.05, 3.63) is 77.5 Å². The molecule has 7 nitrogen and oxygen atoms in total. The van der Waals surface area contributed by atoms with Crippen molar-refractivity contribution < 1.29 is 19.2 Å². The van der Waals surface area contributed by atoms with Crippen LogP contribution >= 0.6 is 0 Å². The number of benzene rings is 2. The Labute approximate surface area is 154 Å². The number of carbonyl (C=O) groups is 3. The van der Waals surface area contributed by atoms with Crippen molar-refractivity contribution in [2.75, 3.05) is 0 Å². The van der Waals surface area contributed by atoms with E-state index in [1.807, 2.05) is 37.3 Å². The number of hydrogen-bond acceptors (Lipinski definition) is 5. The van der Waals surface area contributed by atoms with Gasteiger partial charge in [0.15, 0.2) is 0 Å². The fourth-order valence-electron chi connectivity index (χ4n) is 2.92. The number of fused-ring (bicyclic) bond motifs is 1. The van der Waals surface area contributed by atoms with Crippen LogP contribution in [0.15, 0.2) is 60.8 Å². The Balaban J connectivity index is 1.66. The van der Waals surface area contributed by atoms with Gasteiger partial charge in [0.1, 0.15) is 11.3 Å². The van der Waals surface area contributed by atoms with Gasteiger partial charge in [-0.15, -0.1) is 0 Å². The van der Waals surface area contributed by atoms with Crippen molar-refractivity contribution in [2.45, 2.75) is 13.5 Å². The summed E-state index contributed by atoms with van der Waals surface area (Å²) in [7, 11) is 0. The molecule has 2 aromatic carbocycles. The number of aromatic nitrogens is 2. The van der Waals surface area contributed by atoms with Crippen LogP contribution in [0.4, 0.5) is 0 Å². The summed E-state index contributed by atoms with van der Waals surface area (Å²) in [4.78, 5) is 42.7. The number of rotatable bonds is 4. The Hall–Kier alpha value is -3.74. The molecule has 0 spiro atoms. The fourth-order valence-corrected chi connectivity index (χ4v) is 2.92. The van der Waals surface area contributed by atoms with Crippen molar-refractivity contribution >= 4 is 17.8 Å². The van der Waals surface area contributed by atoms with Crippen molar-refractivity contribution in [1.82, 2.24) is 14.8 Å². The maximum absolute atomic E-state index is 12.7. The number of amides is 2. The lowest BCUT2D eigenvalue weighted by Crippen LogP contribution is -2.32. The molecule has 0 radical (unpaired) electrons. The number of aryl methyl sites for hydroxylation is 1. The molecule has 134 valence electrons. The largest absolute Gasteiger partial charge is 0.367 e. The van der Waals surface area contributed by atoms with Gasteiger partial charge in [-0.3, -0.25) is 14.3 Å². The molecule has 0 atom stereocenters. The topological polar surface area (TPSA) is 81.5 Å². The molecular weight excluding hydrogens is 346 g/mol. The van der Waals surface area contributed by atoms with Crippen molar-refractivity contribution in [2.24, 2.45) is 0 Å². The van der Waals surface area contributed by atoms with Gasteiger partial charge >= 0.3 is 5.97 Å². The number of nitrogens with zero attached hydrogens (tertiary/aromatic N) is 3. The first kappa shape index (κ1) is 16.7. The zero-order valence-corrected chi connectivity index (χ0v) is 14.5. The van der Waals surface area contributed by atoms with Gasteiger partial charge in [-0.1, -0.05) is 47.5 Å². The lowest BCUT2D eigenvalue weighted by atomic mass is 10.1. The first-order valence-electron chi connectivity index (χ1n) is 8.43. The molecule has 7 heteroatoms. The quantitative estimate of drug-likeness (QED) is 0.668. The summed E-state index contributed by atoms with van der Waals surface area (Å²) in [5.41, 5.74) is 1.77. The normalized spacial score (nSPS) is 13.0. The standard InChI is InChI=1S/C20H15N3O4/c1-2-22-12-16(17(21-22)13-8-4-3-5-9-13)20(26)27-23-18(24)14-10-6-7-11-15(14)19(23)25/h3-12H,2H2,1H3. The molecule has 0 unspecified atom stereocenters. The summed E-state index contributed by atoms with van der Waals surface area (Å²) < 4.78 is 1.60. The van der Waals surface area contributed by atoms with Gasteiger partial charge in [-0.2, -0.15) is 5.10 Å². The minimum absolute atomic E-state index is 0.180. The maximum Gasteiger partial charge on any atom is 0.367 e. The van der Waals surface area contributed by atoms with Crippen LogP contribution in [0.3, 0.4) is 0 Å². The van der Waals surface area contributed by atoms with Crippen LogP contribution < -0.4 is 0 Å². The van der Waals surface area contributed by atoms with Gasteiger partial charge in [-0.05, 0) is 19.1 Å². The zero-order chi connectivity index (χ0) is 19.0. The summed E-state index contributed by atoms with van der Waals surface area (Å²) in [6.45, 7) is 2.45. The Kier molecular flexibility index (Phi) is 4.04. The molecule has 1 aromatic heterocycles. The zero-order valence-electron chi connectivity index (χ0n) is 14.5. The van der Waals surface area contributed by atoms with Gasteiger partial charge in [0.25, 0.3) is 11.8 Å². The highest BCUT2D eigenvalue weighted by molar-refractivity contribution is 6.21. The molecule has 1 aliphatic heterocycles. The van der Waals surface area contributed by atoms with E-state index >= 15 is 0 Å². The summed E-state index contributed by atoms with van der Waals surface area (Å²) in [6.07, 6.45) is 1.54. The average molecular weight is 361 g/mol. The van der Waals surface area contributed by atoms with E-state index in [9.17, 15) is 14.4 Å². The van der Waals surface area contributed by atoms with E-state index in [0.29, 0.717) is 17.3 Å². The Morgan fingerprint density at radius 1 is 0.963 bits per heavy atom. The highest BCUT2D eigenvalue weighted by atomic mass is 16.7. The molecule has 0 saturated heterocycles. The van der Waals surface area contributed by atoms with Gasteiger partial charge in [0.2, 0.25) is 0 Å². The summed E-state index contributed by atoms with van der Waals surface area (Å²) in [5.74, 6) is -2.13. The molecule has 3 aromatic rings. The number of hydroxylamine groups is 2. The molecule has 4 rings (SSSR count). The molecule has 0 N–H and O–H groups in total. The Bertz CT molecular complexity index is 1020. The predicted octanol–water partition coefficient (Wildman–Crippen LogP) is 2.94. The summed E-state index contributed by atoms with van der Waals surface area (Å²) >= 11 is 0. The van der Waals surface area contributed by atoms with Gasteiger partial charge in [0, 0.05) is 18.3 Å². The van der Waals surface area contributed by atoms with E-state index < -0.39 is 17.8 Å². The van der Waals surface area contributed by atoms with E-state index in [1.54, 1.807) is 23.0 Å². The van der Waals surface area contributed by atoms with Crippen LogP contribution in [0.5, 0.6) is 0 Å². The van der Waals surface area contributed by atoms with Crippen LogP contribution in [0.25, 0.3) is 11.3 Å². The molecule has 2 heterocycles. The van der Waals surface area contributed by atoms with Gasteiger partial charge in [0.05, 0.1) is 11.1 Å². The average Bonchev–Trinajstić information content (AvgIpc) is 3.25. The lowest BCUT2D eigenvalue weighted by Gasteiger charge is -2.12. The number of carbonyl (C=O) groups excluding carboxylic acids is 3. The smallest absolute Gasteiger partial charge is 0.324 e. The third-order valence-electron chi connectivity index (χ3n) is 4.28. The van der Waals surface area contributed by atoms with E-state index in [1.165, 1.54) is 12.1 Å². The molecule has 27 heavy (non-hydrogen) atoms. The monoisotopic (exact) mass is 361 g/mol. The number of imide groups is 1. The first-order valence-corrected chi connectivity index (χ1v) is 8.43. The van der Waals surface area contributed by atoms with Crippen LogP contribution in [0, 0.1) is 0 Å². The van der Waals surface area contributed by atoms with Crippen LogP contribution in [-0.2, 0) is 11.4 Å².